The average Bonchev–Trinajstić information content (AvgIpc) is 3.04. The van der Waals surface area contributed by atoms with Crippen molar-refractivity contribution in [3.63, 3.8) is 0 Å². The minimum Gasteiger partial charge on any atom is -0.475 e. The van der Waals surface area contributed by atoms with Crippen LogP contribution in [-0.4, -0.2) is 29.3 Å². The normalized spacial score (nSPS) is 23.9. The van der Waals surface area contributed by atoms with E-state index in [1.54, 1.807) is 0 Å². The Balaban J connectivity index is 1.64. The Morgan fingerprint density at radius 2 is 2.24 bits per heavy atom. The van der Waals surface area contributed by atoms with Gasteiger partial charge in [0.25, 0.3) is 0 Å². The Morgan fingerprint density at radius 1 is 1.35 bits per heavy atom. The van der Waals surface area contributed by atoms with Crippen LogP contribution < -0.4 is 4.74 Å². The zero-order chi connectivity index (χ0) is 11.7. The number of hydrogen-bond donors (Lipinski definition) is 0. The molecule has 0 spiro atoms. The van der Waals surface area contributed by atoms with E-state index >= 15 is 0 Å². The Labute approximate surface area is 109 Å². The summed E-state index contributed by atoms with van der Waals surface area (Å²) in [7, 11) is 0. The summed E-state index contributed by atoms with van der Waals surface area (Å²) in [6.45, 7) is 1.45. The fraction of sp³-hybridized carbons (Fsp3) is 0.667. The molecule has 17 heavy (non-hydrogen) atoms. The minimum atomic E-state index is 0.230. The Morgan fingerprint density at radius 3 is 2.94 bits per heavy atom. The number of ether oxygens (including phenoxy) is 2. The van der Waals surface area contributed by atoms with Gasteiger partial charge in [0.05, 0.1) is 6.10 Å². The largest absolute Gasteiger partial charge is 0.475 e. The fourth-order valence-corrected chi connectivity index (χ4v) is 2.34. The highest BCUT2D eigenvalue weighted by Crippen LogP contribution is 2.39. The van der Waals surface area contributed by atoms with Crippen LogP contribution in [0.5, 0.6) is 5.88 Å². The Bertz CT molecular complexity index is 403. The summed E-state index contributed by atoms with van der Waals surface area (Å²) in [6, 6.07) is 1.82. The number of nitrogens with zero attached hydrogens (tertiary/aromatic N) is 2. The Hall–Kier alpha value is -0.680. The molecule has 5 heteroatoms. The van der Waals surface area contributed by atoms with Gasteiger partial charge in [-0.05, 0) is 41.6 Å². The van der Waals surface area contributed by atoms with Gasteiger partial charge in [-0.15, -0.1) is 0 Å². The standard InChI is InChI=1S/C12H15BrN2O2/c13-10-6-11(15-12(14-10)8-3-4-8)17-7-9-2-1-5-16-9/h6,8-9H,1-5,7H2. The number of halogens is 1. The van der Waals surface area contributed by atoms with Crippen molar-refractivity contribution >= 4 is 15.9 Å². The molecule has 1 aromatic rings. The van der Waals surface area contributed by atoms with E-state index in [9.17, 15) is 0 Å². The van der Waals surface area contributed by atoms with Crippen LogP contribution in [0.15, 0.2) is 10.7 Å². The first-order valence-corrected chi connectivity index (χ1v) is 6.89. The molecule has 1 aliphatic heterocycles. The van der Waals surface area contributed by atoms with Crippen molar-refractivity contribution in [2.45, 2.75) is 37.7 Å². The van der Waals surface area contributed by atoms with E-state index < -0.39 is 0 Å². The zero-order valence-electron chi connectivity index (χ0n) is 9.56. The maximum Gasteiger partial charge on any atom is 0.217 e. The molecule has 1 atom stereocenters. The maximum absolute atomic E-state index is 5.68. The average molecular weight is 299 g/mol. The van der Waals surface area contributed by atoms with Crippen molar-refractivity contribution in [3.05, 3.63) is 16.5 Å². The summed E-state index contributed by atoms with van der Waals surface area (Å²) in [5, 5.41) is 0. The lowest BCUT2D eigenvalue weighted by Gasteiger charge is -2.11. The third-order valence-corrected chi connectivity index (χ3v) is 3.48. The molecule has 0 amide bonds. The van der Waals surface area contributed by atoms with Crippen molar-refractivity contribution < 1.29 is 9.47 Å². The van der Waals surface area contributed by atoms with E-state index in [-0.39, 0.29) is 6.10 Å². The Kier molecular flexibility index (Phi) is 3.29. The smallest absolute Gasteiger partial charge is 0.217 e. The molecule has 0 radical (unpaired) electrons. The third-order valence-electron chi connectivity index (χ3n) is 3.07. The minimum absolute atomic E-state index is 0.230. The van der Waals surface area contributed by atoms with Crippen LogP contribution in [0.2, 0.25) is 0 Å². The summed E-state index contributed by atoms with van der Waals surface area (Å²) in [5.74, 6) is 2.10. The zero-order valence-corrected chi connectivity index (χ0v) is 11.1. The van der Waals surface area contributed by atoms with E-state index in [0.717, 1.165) is 29.9 Å². The van der Waals surface area contributed by atoms with Crippen molar-refractivity contribution in [2.24, 2.45) is 0 Å². The number of aromatic nitrogens is 2. The molecule has 0 aromatic carbocycles. The van der Waals surface area contributed by atoms with Crippen LogP contribution in [0.1, 0.15) is 37.4 Å². The van der Waals surface area contributed by atoms with Crippen molar-refractivity contribution in [2.75, 3.05) is 13.2 Å². The number of rotatable bonds is 4. The van der Waals surface area contributed by atoms with E-state index in [1.165, 1.54) is 12.8 Å². The maximum atomic E-state index is 5.68. The molecular weight excluding hydrogens is 284 g/mol. The molecule has 2 aliphatic rings. The first-order chi connectivity index (χ1) is 8.31. The van der Waals surface area contributed by atoms with Gasteiger partial charge in [-0.2, -0.15) is 4.98 Å². The summed E-state index contributed by atoms with van der Waals surface area (Å²) in [5.41, 5.74) is 0. The highest BCUT2D eigenvalue weighted by atomic mass is 79.9. The van der Waals surface area contributed by atoms with Crippen molar-refractivity contribution in [1.29, 1.82) is 0 Å². The molecule has 1 saturated carbocycles. The molecule has 1 aromatic heterocycles. The lowest BCUT2D eigenvalue weighted by Crippen LogP contribution is -2.17. The van der Waals surface area contributed by atoms with E-state index in [1.807, 2.05) is 6.07 Å². The highest BCUT2D eigenvalue weighted by Gasteiger charge is 2.27. The topological polar surface area (TPSA) is 44.2 Å². The first-order valence-electron chi connectivity index (χ1n) is 6.10. The van der Waals surface area contributed by atoms with Gasteiger partial charge >= 0.3 is 0 Å². The fourth-order valence-electron chi connectivity index (χ4n) is 1.97. The second-order valence-electron chi connectivity index (χ2n) is 4.61. The summed E-state index contributed by atoms with van der Waals surface area (Å²) >= 11 is 3.40. The highest BCUT2D eigenvalue weighted by molar-refractivity contribution is 9.10. The van der Waals surface area contributed by atoms with Crippen LogP contribution in [0.25, 0.3) is 0 Å². The van der Waals surface area contributed by atoms with Crippen LogP contribution in [-0.2, 0) is 4.74 Å². The monoisotopic (exact) mass is 298 g/mol. The van der Waals surface area contributed by atoms with Crippen molar-refractivity contribution in [3.8, 4) is 5.88 Å². The molecule has 0 N–H and O–H groups in total. The summed E-state index contributed by atoms with van der Waals surface area (Å²) < 4.78 is 12.0. The second kappa shape index (κ2) is 4.90. The first kappa shape index (κ1) is 11.4. The molecule has 2 heterocycles. The lowest BCUT2D eigenvalue weighted by molar-refractivity contribution is 0.0661. The molecule has 92 valence electrons. The van der Waals surface area contributed by atoms with Gasteiger partial charge in [-0.1, -0.05) is 0 Å². The third kappa shape index (κ3) is 2.96. The van der Waals surface area contributed by atoms with Crippen molar-refractivity contribution in [1.82, 2.24) is 9.97 Å². The second-order valence-corrected chi connectivity index (χ2v) is 5.42. The van der Waals surface area contributed by atoms with Crippen LogP contribution >= 0.6 is 15.9 Å². The van der Waals surface area contributed by atoms with Gasteiger partial charge in [0.15, 0.2) is 0 Å². The van der Waals surface area contributed by atoms with Gasteiger partial charge in [0.2, 0.25) is 5.88 Å². The molecule has 2 fully saturated rings. The molecule has 1 aliphatic carbocycles. The molecular formula is C12H15BrN2O2. The van der Waals surface area contributed by atoms with Gasteiger partial charge in [0.1, 0.15) is 17.0 Å². The van der Waals surface area contributed by atoms with Crippen LogP contribution in [0.4, 0.5) is 0 Å². The van der Waals surface area contributed by atoms with E-state index in [0.29, 0.717) is 18.4 Å². The van der Waals surface area contributed by atoms with E-state index in [2.05, 4.69) is 25.9 Å². The molecule has 3 rings (SSSR count). The lowest BCUT2D eigenvalue weighted by atomic mass is 10.2. The quantitative estimate of drug-likeness (QED) is 0.802. The SMILES string of the molecule is Brc1cc(OCC2CCCO2)nc(C2CC2)n1. The van der Waals surface area contributed by atoms with E-state index in [4.69, 9.17) is 9.47 Å². The summed E-state index contributed by atoms with van der Waals surface area (Å²) in [6.07, 6.45) is 4.84. The molecule has 1 unspecified atom stereocenters. The molecule has 1 saturated heterocycles. The van der Waals surface area contributed by atoms with Gasteiger partial charge in [-0.25, -0.2) is 4.98 Å². The predicted octanol–water partition coefficient (Wildman–Crippen LogP) is 2.67. The van der Waals surface area contributed by atoms with Gasteiger partial charge in [-0.3, -0.25) is 0 Å². The van der Waals surface area contributed by atoms with Gasteiger partial charge < -0.3 is 9.47 Å². The molecule has 4 nitrogen and oxygen atoms in total. The predicted molar refractivity (Wildman–Crippen MR) is 66.2 cm³/mol. The molecule has 0 bridgehead atoms. The number of hydrogen-bond acceptors (Lipinski definition) is 4. The van der Waals surface area contributed by atoms with Crippen LogP contribution in [0, 0.1) is 0 Å². The van der Waals surface area contributed by atoms with Crippen LogP contribution in [0.3, 0.4) is 0 Å². The summed E-state index contributed by atoms with van der Waals surface area (Å²) in [4.78, 5) is 8.81. The van der Waals surface area contributed by atoms with Gasteiger partial charge in [0, 0.05) is 18.6 Å².